The van der Waals surface area contributed by atoms with Crippen LogP contribution in [-0.2, 0) is 17.8 Å². The average Bonchev–Trinajstić information content (AvgIpc) is 2.80. The summed E-state index contributed by atoms with van der Waals surface area (Å²) in [4.78, 5) is 23.6. The maximum atomic E-state index is 12.8. The zero-order valence-corrected chi connectivity index (χ0v) is 17.7. The van der Waals surface area contributed by atoms with Gasteiger partial charge in [0.2, 0.25) is 5.91 Å². The van der Waals surface area contributed by atoms with Gasteiger partial charge in [-0.15, -0.1) is 0 Å². The fourth-order valence-corrected chi connectivity index (χ4v) is 4.77. The van der Waals surface area contributed by atoms with Crippen LogP contribution >= 0.6 is 0 Å². The van der Waals surface area contributed by atoms with Crippen molar-refractivity contribution < 1.29 is 9.90 Å². The lowest BCUT2D eigenvalue weighted by Gasteiger charge is -2.37. The van der Waals surface area contributed by atoms with Gasteiger partial charge in [0.25, 0.3) is 0 Å². The number of para-hydroxylation sites is 1. The Balaban J connectivity index is 1.18. The Morgan fingerprint density at radius 1 is 0.903 bits per heavy atom. The predicted octanol–water partition coefficient (Wildman–Crippen LogP) is 2.30. The number of hydrogen-bond acceptors (Lipinski definition) is 5. The molecule has 0 bridgehead atoms. The Hall–Kier alpha value is -2.96. The number of nitrogens with zero attached hydrogens (tertiary/aromatic N) is 4. The number of benzene rings is 2. The van der Waals surface area contributed by atoms with Gasteiger partial charge in [0, 0.05) is 50.9 Å². The zero-order valence-electron chi connectivity index (χ0n) is 17.7. The van der Waals surface area contributed by atoms with Gasteiger partial charge in [-0.05, 0) is 29.7 Å². The molecule has 1 aromatic heterocycles. The number of rotatable bonds is 5. The molecule has 2 aliphatic heterocycles. The molecule has 160 valence electrons. The van der Waals surface area contributed by atoms with Gasteiger partial charge in [-0.25, -0.2) is 0 Å². The van der Waals surface area contributed by atoms with Crippen LogP contribution < -0.4 is 4.90 Å². The molecular weight excluding hydrogens is 388 g/mol. The first-order chi connectivity index (χ1) is 15.2. The molecule has 1 unspecified atom stereocenters. The summed E-state index contributed by atoms with van der Waals surface area (Å²) in [6, 6.07) is 18.6. The molecule has 1 saturated heterocycles. The van der Waals surface area contributed by atoms with Gasteiger partial charge in [-0.1, -0.05) is 42.5 Å². The van der Waals surface area contributed by atoms with E-state index in [1.807, 2.05) is 30.3 Å². The molecule has 1 amide bonds. The minimum Gasteiger partial charge on any atom is -0.390 e. The predicted molar refractivity (Wildman–Crippen MR) is 122 cm³/mol. The molecule has 6 heteroatoms. The molecule has 1 atom stereocenters. The van der Waals surface area contributed by atoms with Crippen LogP contribution in [0.3, 0.4) is 0 Å². The number of aromatic nitrogens is 1. The molecule has 0 saturated carbocycles. The fraction of sp³-hybridized carbons (Fsp3) is 0.360. The van der Waals surface area contributed by atoms with E-state index in [2.05, 4.69) is 39.0 Å². The topological polar surface area (TPSA) is 59.9 Å². The van der Waals surface area contributed by atoms with Crippen molar-refractivity contribution in [3.63, 3.8) is 0 Å². The minimum atomic E-state index is -0.542. The van der Waals surface area contributed by atoms with E-state index in [0.717, 1.165) is 42.6 Å². The molecule has 0 aliphatic carbocycles. The summed E-state index contributed by atoms with van der Waals surface area (Å²) in [6.07, 6.45) is 2.26. The summed E-state index contributed by atoms with van der Waals surface area (Å²) in [7, 11) is 0. The molecule has 2 aliphatic rings. The van der Waals surface area contributed by atoms with Crippen LogP contribution in [0.2, 0.25) is 0 Å². The van der Waals surface area contributed by atoms with Crippen molar-refractivity contribution in [1.82, 2.24) is 14.8 Å². The summed E-state index contributed by atoms with van der Waals surface area (Å²) in [5.41, 5.74) is 4.67. The summed E-state index contributed by atoms with van der Waals surface area (Å²) in [5, 5.41) is 11.8. The van der Waals surface area contributed by atoms with Crippen molar-refractivity contribution in [3.8, 4) is 0 Å². The van der Waals surface area contributed by atoms with Crippen LogP contribution in [0.1, 0.15) is 11.1 Å². The maximum Gasteiger partial charge on any atom is 0.242 e. The van der Waals surface area contributed by atoms with Gasteiger partial charge in [0.1, 0.15) is 0 Å². The molecule has 3 aromatic rings. The van der Waals surface area contributed by atoms with E-state index in [4.69, 9.17) is 0 Å². The van der Waals surface area contributed by atoms with Crippen LogP contribution in [-0.4, -0.2) is 71.2 Å². The molecule has 6 nitrogen and oxygen atoms in total. The van der Waals surface area contributed by atoms with Crippen molar-refractivity contribution in [2.24, 2.45) is 0 Å². The zero-order chi connectivity index (χ0) is 21.2. The number of pyridine rings is 1. The van der Waals surface area contributed by atoms with E-state index in [9.17, 15) is 9.90 Å². The summed E-state index contributed by atoms with van der Waals surface area (Å²) >= 11 is 0. The minimum absolute atomic E-state index is 0.0576. The van der Waals surface area contributed by atoms with E-state index in [1.54, 1.807) is 11.1 Å². The molecule has 1 N–H and O–H groups in total. The number of piperazine rings is 1. The van der Waals surface area contributed by atoms with E-state index in [-0.39, 0.29) is 5.91 Å². The highest BCUT2D eigenvalue weighted by atomic mass is 16.3. The number of carbonyl (C=O) groups excluding carboxylic acids is 1. The van der Waals surface area contributed by atoms with Gasteiger partial charge < -0.3 is 14.9 Å². The largest absolute Gasteiger partial charge is 0.390 e. The lowest BCUT2D eigenvalue weighted by molar-refractivity contribution is -0.132. The number of aliphatic hydroxyl groups excluding tert-OH is 1. The first kappa shape index (κ1) is 20.0. The first-order valence-corrected chi connectivity index (χ1v) is 11.0. The van der Waals surface area contributed by atoms with E-state index in [0.29, 0.717) is 26.2 Å². The second kappa shape index (κ2) is 8.65. The van der Waals surface area contributed by atoms with Crippen LogP contribution in [0, 0.1) is 0 Å². The van der Waals surface area contributed by atoms with Gasteiger partial charge in [-0.2, -0.15) is 0 Å². The Kier molecular flexibility index (Phi) is 5.57. The number of β-amino-alcohol motifs (C(OH)–C–C–N with tert-alkyl or cyclic N) is 1. The number of carbonyl (C=O) groups is 1. The lowest BCUT2D eigenvalue weighted by Crippen LogP contribution is -2.53. The first-order valence-electron chi connectivity index (χ1n) is 11.0. The molecule has 1 fully saturated rings. The van der Waals surface area contributed by atoms with Crippen molar-refractivity contribution in [2.75, 3.05) is 44.2 Å². The molecule has 5 rings (SSSR count). The van der Waals surface area contributed by atoms with Crippen LogP contribution in [0.4, 0.5) is 5.69 Å². The third kappa shape index (κ3) is 4.27. The van der Waals surface area contributed by atoms with E-state index >= 15 is 0 Å². The molecule has 31 heavy (non-hydrogen) atoms. The van der Waals surface area contributed by atoms with Crippen molar-refractivity contribution in [1.29, 1.82) is 0 Å². The number of aliphatic hydroxyl groups is 1. The highest BCUT2D eigenvalue weighted by Crippen LogP contribution is 2.26. The fourth-order valence-electron chi connectivity index (χ4n) is 4.77. The maximum absolute atomic E-state index is 12.8. The Morgan fingerprint density at radius 3 is 2.61 bits per heavy atom. The number of hydrogen-bond donors (Lipinski definition) is 1. The molecule has 2 aromatic carbocycles. The third-order valence-corrected chi connectivity index (χ3v) is 6.38. The second-order valence-corrected chi connectivity index (χ2v) is 8.52. The Morgan fingerprint density at radius 2 is 1.74 bits per heavy atom. The lowest BCUT2D eigenvalue weighted by atomic mass is 10.00. The van der Waals surface area contributed by atoms with Crippen molar-refractivity contribution in [2.45, 2.75) is 19.1 Å². The van der Waals surface area contributed by atoms with Crippen molar-refractivity contribution in [3.05, 3.63) is 71.9 Å². The Bertz CT molecular complexity index is 1080. The molecule has 0 spiro atoms. The SMILES string of the molecule is O=C1CN(c2cccc3cccnc23)CCN1CC(O)CN1CCc2ccccc2C1. The summed E-state index contributed by atoms with van der Waals surface area (Å²) in [6.45, 7) is 4.47. The van der Waals surface area contributed by atoms with E-state index < -0.39 is 6.10 Å². The van der Waals surface area contributed by atoms with Crippen molar-refractivity contribution >= 4 is 22.5 Å². The monoisotopic (exact) mass is 416 g/mol. The molecule has 3 heterocycles. The smallest absolute Gasteiger partial charge is 0.242 e. The number of amides is 1. The van der Waals surface area contributed by atoms with Crippen LogP contribution in [0.5, 0.6) is 0 Å². The third-order valence-electron chi connectivity index (χ3n) is 6.38. The average molecular weight is 417 g/mol. The number of fused-ring (bicyclic) bond motifs is 2. The standard InChI is InChI=1S/C25H28N4O2/c30-22(16-27-12-10-19-5-1-2-6-21(19)15-27)17-29-14-13-28(18-24(29)31)23-9-3-7-20-8-4-11-26-25(20)23/h1-9,11,22,30H,10,12-18H2. The van der Waals surface area contributed by atoms with Gasteiger partial charge in [-0.3, -0.25) is 14.7 Å². The molecule has 0 radical (unpaired) electrons. The normalized spacial score (nSPS) is 18.3. The van der Waals surface area contributed by atoms with Gasteiger partial charge in [0.05, 0.1) is 23.9 Å². The molecular formula is C25H28N4O2. The summed E-state index contributed by atoms with van der Waals surface area (Å²) < 4.78 is 0. The van der Waals surface area contributed by atoms with Crippen LogP contribution in [0.25, 0.3) is 10.9 Å². The quantitative estimate of drug-likeness (QED) is 0.692. The second-order valence-electron chi connectivity index (χ2n) is 8.52. The Labute approximate surface area is 182 Å². The highest BCUT2D eigenvalue weighted by molar-refractivity contribution is 5.93. The number of anilines is 1. The van der Waals surface area contributed by atoms with Gasteiger partial charge >= 0.3 is 0 Å². The van der Waals surface area contributed by atoms with Gasteiger partial charge in [0.15, 0.2) is 0 Å². The highest BCUT2D eigenvalue weighted by Gasteiger charge is 2.28. The van der Waals surface area contributed by atoms with Crippen LogP contribution in [0.15, 0.2) is 60.8 Å². The van der Waals surface area contributed by atoms with E-state index in [1.165, 1.54) is 11.1 Å². The summed E-state index contributed by atoms with van der Waals surface area (Å²) in [5.74, 6) is 0.0576.